The van der Waals surface area contributed by atoms with Crippen LogP contribution in [0.5, 0.6) is 0 Å². The van der Waals surface area contributed by atoms with Gasteiger partial charge in [0.15, 0.2) is 0 Å². The van der Waals surface area contributed by atoms with Crippen LogP contribution in [-0.4, -0.2) is 11.9 Å². The van der Waals surface area contributed by atoms with Crippen molar-refractivity contribution < 1.29 is 4.79 Å². The molecule has 16 heavy (non-hydrogen) atoms. The average Bonchev–Trinajstić information content (AvgIpc) is 2.24. The lowest BCUT2D eigenvalue weighted by atomic mass is 10.1. The van der Waals surface area contributed by atoms with Crippen molar-refractivity contribution in [2.75, 3.05) is 0 Å². The van der Waals surface area contributed by atoms with Gasteiger partial charge in [-0.15, -0.1) is 0 Å². The topological polar surface area (TPSA) is 29.1 Å². The van der Waals surface area contributed by atoms with Gasteiger partial charge in [-0.3, -0.25) is 4.79 Å². The zero-order valence-corrected chi connectivity index (χ0v) is 11.7. The van der Waals surface area contributed by atoms with Crippen LogP contribution in [0.4, 0.5) is 0 Å². The number of amides is 1. The Labute approximate surface area is 110 Å². The van der Waals surface area contributed by atoms with Gasteiger partial charge < -0.3 is 5.32 Å². The quantitative estimate of drug-likeness (QED) is 0.894. The van der Waals surface area contributed by atoms with Crippen LogP contribution in [0.15, 0.2) is 22.7 Å². The van der Waals surface area contributed by atoms with Crippen LogP contribution in [0.3, 0.4) is 0 Å². The maximum Gasteiger partial charge on any atom is 0.251 e. The molecule has 0 aromatic heterocycles. The van der Waals surface area contributed by atoms with Crippen molar-refractivity contribution in [2.24, 2.45) is 0 Å². The third kappa shape index (κ3) is 3.80. The second kappa shape index (κ2) is 6.26. The highest BCUT2D eigenvalue weighted by atomic mass is 79.9. The molecule has 1 amide bonds. The monoisotopic (exact) mass is 303 g/mol. The number of benzene rings is 1. The molecule has 1 aromatic carbocycles. The molecule has 0 aliphatic heterocycles. The van der Waals surface area contributed by atoms with Crippen molar-refractivity contribution in [1.29, 1.82) is 0 Å². The number of nitrogens with one attached hydrogen (secondary N) is 1. The summed E-state index contributed by atoms with van der Waals surface area (Å²) >= 11 is 9.21. The third-order valence-electron chi connectivity index (χ3n) is 2.45. The molecule has 4 heteroatoms. The first-order valence-electron chi connectivity index (χ1n) is 5.33. The van der Waals surface area contributed by atoms with E-state index in [9.17, 15) is 4.79 Å². The summed E-state index contributed by atoms with van der Waals surface area (Å²) < 4.78 is 0.815. The van der Waals surface area contributed by atoms with E-state index in [1.165, 1.54) is 0 Å². The highest BCUT2D eigenvalue weighted by molar-refractivity contribution is 9.10. The Bertz CT molecular complexity index is 357. The molecule has 0 radical (unpaired) electrons. The first-order chi connectivity index (χ1) is 7.56. The minimum absolute atomic E-state index is 0.0723. The molecule has 0 saturated heterocycles. The van der Waals surface area contributed by atoms with E-state index in [2.05, 4.69) is 35.1 Å². The van der Waals surface area contributed by atoms with E-state index in [0.29, 0.717) is 10.6 Å². The predicted molar refractivity (Wildman–Crippen MR) is 71.0 cm³/mol. The number of carbonyl (C=O) groups is 1. The number of hydrogen-bond acceptors (Lipinski definition) is 1. The normalized spacial score (nSPS) is 10.6. The van der Waals surface area contributed by atoms with Gasteiger partial charge in [0.2, 0.25) is 0 Å². The molecular formula is C12H15BrClNO. The molecule has 0 fully saturated rings. The molecule has 1 aromatic rings. The molecule has 0 atom stereocenters. The Morgan fingerprint density at radius 1 is 1.38 bits per heavy atom. The van der Waals surface area contributed by atoms with Crippen molar-refractivity contribution in [3.05, 3.63) is 33.3 Å². The molecule has 1 N–H and O–H groups in total. The van der Waals surface area contributed by atoms with Gasteiger partial charge in [0.25, 0.3) is 5.91 Å². The first-order valence-corrected chi connectivity index (χ1v) is 6.50. The SMILES string of the molecule is CCC(CC)NC(=O)c1cc(Cl)cc(Br)c1. The number of hydrogen-bond donors (Lipinski definition) is 1. The third-order valence-corrected chi connectivity index (χ3v) is 3.12. The van der Waals surface area contributed by atoms with Crippen LogP contribution < -0.4 is 5.32 Å². The van der Waals surface area contributed by atoms with E-state index < -0.39 is 0 Å². The van der Waals surface area contributed by atoms with E-state index in [-0.39, 0.29) is 11.9 Å². The largest absolute Gasteiger partial charge is 0.349 e. The van der Waals surface area contributed by atoms with Crippen LogP contribution in [0, 0.1) is 0 Å². The Morgan fingerprint density at radius 2 is 2.00 bits per heavy atom. The van der Waals surface area contributed by atoms with Gasteiger partial charge >= 0.3 is 0 Å². The summed E-state index contributed by atoms with van der Waals surface area (Å²) in [4.78, 5) is 11.9. The van der Waals surface area contributed by atoms with Crippen LogP contribution in [0.2, 0.25) is 5.02 Å². The van der Waals surface area contributed by atoms with Crippen molar-refractivity contribution in [1.82, 2.24) is 5.32 Å². The average molecular weight is 305 g/mol. The Balaban J connectivity index is 2.80. The minimum atomic E-state index is -0.0723. The summed E-state index contributed by atoms with van der Waals surface area (Å²) in [5.74, 6) is -0.0723. The van der Waals surface area contributed by atoms with E-state index in [1.807, 2.05) is 0 Å². The predicted octanol–water partition coefficient (Wildman–Crippen LogP) is 4.02. The maximum atomic E-state index is 11.9. The smallest absolute Gasteiger partial charge is 0.251 e. The second-order valence-corrected chi connectivity index (χ2v) is 5.00. The Hall–Kier alpha value is -0.540. The molecular weight excluding hydrogens is 289 g/mol. The lowest BCUT2D eigenvalue weighted by Gasteiger charge is -2.14. The molecule has 0 bridgehead atoms. The van der Waals surface area contributed by atoms with Gasteiger partial charge in [-0.25, -0.2) is 0 Å². The minimum Gasteiger partial charge on any atom is -0.349 e. The van der Waals surface area contributed by atoms with Gasteiger partial charge in [0.1, 0.15) is 0 Å². The van der Waals surface area contributed by atoms with Gasteiger partial charge in [0.05, 0.1) is 0 Å². The number of carbonyl (C=O) groups excluding carboxylic acids is 1. The summed E-state index contributed by atoms with van der Waals surface area (Å²) in [5, 5.41) is 3.53. The summed E-state index contributed by atoms with van der Waals surface area (Å²) in [6.45, 7) is 4.12. The molecule has 2 nitrogen and oxygen atoms in total. The molecule has 0 aliphatic rings. The number of halogens is 2. The van der Waals surface area contributed by atoms with E-state index >= 15 is 0 Å². The lowest BCUT2D eigenvalue weighted by Crippen LogP contribution is -2.33. The van der Waals surface area contributed by atoms with Crippen LogP contribution >= 0.6 is 27.5 Å². The maximum absolute atomic E-state index is 11.9. The molecule has 0 saturated carbocycles. The standard InChI is InChI=1S/C12H15BrClNO/c1-3-11(4-2)15-12(16)8-5-9(13)7-10(14)6-8/h5-7,11H,3-4H2,1-2H3,(H,15,16). The first kappa shape index (κ1) is 13.5. The van der Waals surface area contributed by atoms with Crippen LogP contribution in [0.1, 0.15) is 37.0 Å². The van der Waals surface area contributed by atoms with Crippen LogP contribution in [0.25, 0.3) is 0 Å². The Kier molecular flexibility index (Phi) is 5.29. The van der Waals surface area contributed by atoms with Crippen molar-refractivity contribution in [3.63, 3.8) is 0 Å². The molecule has 88 valence electrons. The van der Waals surface area contributed by atoms with Crippen molar-refractivity contribution in [2.45, 2.75) is 32.7 Å². The molecule has 0 spiro atoms. The van der Waals surface area contributed by atoms with Gasteiger partial charge in [0, 0.05) is 21.1 Å². The van der Waals surface area contributed by atoms with E-state index in [0.717, 1.165) is 17.3 Å². The highest BCUT2D eigenvalue weighted by Crippen LogP contribution is 2.19. The zero-order chi connectivity index (χ0) is 12.1. The summed E-state index contributed by atoms with van der Waals surface area (Å²) in [6, 6.07) is 5.42. The fourth-order valence-corrected chi connectivity index (χ4v) is 2.31. The van der Waals surface area contributed by atoms with Gasteiger partial charge in [-0.1, -0.05) is 41.4 Å². The van der Waals surface area contributed by atoms with Gasteiger partial charge in [-0.05, 0) is 31.0 Å². The highest BCUT2D eigenvalue weighted by Gasteiger charge is 2.11. The van der Waals surface area contributed by atoms with Crippen LogP contribution in [-0.2, 0) is 0 Å². The molecule has 0 unspecified atom stereocenters. The fourth-order valence-electron chi connectivity index (χ4n) is 1.45. The Morgan fingerprint density at radius 3 is 2.50 bits per heavy atom. The van der Waals surface area contributed by atoms with Gasteiger partial charge in [-0.2, -0.15) is 0 Å². The summed E-state index contributed by atoms with van der Waals surface area (Å²) in [6.07, 6.45) is 1.87. The molecule has 0 heterocycles. The van der Waals surface area contributed by atoms with E-state index in [1.54, 1.807) is 18.2 Å². The number of rotatable bonds is 4. The summed E-state index contributed by atoms with van der Waals surface area (Å²) in [7, 11) is 0. The van der Waals surface area contributed by atoms with Crippen molar-refractivity contribution >= 4 is 33.4 Å². The van der Waals surface area contributed by atoms with E-state index in [4.69, 9.17) is 11.6 Å². The molecule has 1 rings (SSSR count). The lowest BCUT2D eigenvalue weighted by molar-refractivity contribution is 0.0935. The zero-order valence-electron chi connectivity index (χ0n) is 9.39. The van der Waals surface area contributed by atoms with Crippen molar-refractivity contribution in [3.8, 4) is 0 Å². The summed E-state index contributed by atoms with van der Waals surface area (Å²) in [5.41, 5.74) is 0.589. The second-order valence-electron chi connectivity index (χ2n) is 3.65. The molecule has 0 aliphatic carbocycles. The fraction of sp³-hybridized carbons (Fsp3) is 0.417.